The quantitative estimate of drug-likeness (QED) is 0.637. The van der Waals surface area contributed by atoms with E-state index in [1.807, 2.05) is 55.5 Å². The van der Waals surface area contributed by atoms with Crippen molar-refractivity contribution in [1.82, 2.24) is 4.90 Å². The lowest BCUT2D eigenvalue weighted by Crippen LogP contribution is -2.29. The highest BCUT2D eigenvalue weighted by molar-refractivity contribution is 6.21. The number of aryl methyl sites for hydroxylation is 1. The highest BCUT2D eigenvalue weighted by Crippen LogP contribution is 2.24. The van der Waals surface area contributed by atoms with E-state index in [-0.39, 0.29) is 18.4 Å². The maximum atomic E-state index is 12.5. The minimum absolute atomic E-state index is 0.239. The Morgan fingerprint density at radius 3 is 2.11 bits per heavy atom. The van der Waals surface area contributed by atoms with Gasteiger partial charge in [0.05, 0.1) is 17.7 Å². The molecule has 0 saturated heterocycles. The van der Waals surface area contributed by atoms with Gasteiger partial charge in [0, 0.05) is 0 Å². The zero-order valence-corrected chi connectivity index (χ0v) is 15.0. The molecule has 4 heteroatoms. The summed E-state index contributed by atoms with van der Waals surface area (Å²) in [4.78, 5) is 26.3. The van der Waals surface area contributed by atoms with E-state index in [1.54, 1.807) is 24.3 Å². The molecule has 2 amide bonds. The molecule has 0 unspecified atom stereocenters. The normalized spacial score (nSPS) is 13.0. The SMILES string of the molecule is Cc1ccccc1OCc1cccc(CN2C(=O)c3ccccc3C2=O)c1. The third-order valence-corrected chi connectivity index (χ3v) is 4.70. The third kappa shape index (κ3) is 3.34. The molecule has 0 bridgehead atoms. The molecule has 1 aliphatic heterocycles. The van der Waals surface area contributed by atoms with Crippen LogP contribution in [0.3, 0.4) is 0 Å². The molecule has 3 aromatic carbocycles. The minimum atomic E-state index is -0.239. The number of carbonyl (C=O) groups is 2. The van der Waals surface area contributed by atoms with E-state index in [1.165, 1.54) is 4.90 Å². The van der Waals surface area contributed by atoms with Gasteiger partial charge in [-0.15, -0.1) is 0 Å². The average Bonchev–Trinajstić information content (AvgIpc) is 2.93. The minimum Gasteiger partial charge on any atom is -0.489 e. The number of rotatable bonds is 5. The standard InChI is InChI=1S/C23H19NO3/c1-16-7-2-5-12-21(16)27-15-18-9-6-8-17(13-18)14-24-22(25)19-10-3-4-11-20(19)23(24)26/h2-13H,14-15H2,1H3. The maximum absolute atomic E-state index is 12.5. The summed E-state index contributed by atoms with van der Waals surface area (Å²) in [6.07, 6.45) is 0. The summed E-state index contributed by atoms with van der Waals surface area (Å²) in [7, 11) is 0. The Hall–Kier alpha value is -3.40. The zero-order chi connectivity index (χ0) is 18.8. The molecular formula is C23H19NO3. The molecule has 4 nitrogen and oxygen atoms in total. The van der Waals surface area contributed by atoms with Gasteiger partial charge in [-0.1, -0.05) is 54.6 Å². The van der Waals surface area contributed by atoms with Crippen molar-refractivity contribution in [3.8, 4) is 5.75 Å². The van der Waals surface area contributed by atoms with Gasteiger partial charge in [-0.05, 0) is 41.8 Å². The van der Waals surface area contributed by atoms with Crippen LogP contribution in [0.15, 0.2) is 72.8 Å². The molecular weight excluding hydrogens is 338 g/mol. The van der Waals surface area contributed by atoms with Crippen LogP contribution in [0.2, 0.25) is 0 Å². The Morgan fingerprint density at radius 1 is 0.778 bits per heavy atom. The van der Waals surface area contributed by atoms with Crippen LogP contribution in [0.1, 0.15) is 37.4 Å². The second-order valence-electron chi connectivity index (χ2n) is 6.62. The second-order valence-corrected chi connectivity index (χ2v) is 6.62. The summed E-state index contributed by atoms with van der Waals surface area (Å²) in [5, 5.41) is 0. The maximum Gasteiger partial charge on any atom is 0.261 e. The van der Waals surface area contributed by atoms with Gasteiger partial charge in [0.25, 0.3) is 11.8 Å². The van der Waals surface area contributed by atoms with E-state index in [0.717, 1.165) is 22.4 Å². The predicted molar refractivity (Wildman–Crippen MR) is 103 cm³/mol. The Morgan fingerprint density at radius 2 is 1.41 bits per heavy atom. The van der Waals surface area contributed by atoms with Crippen molar-refractivity contribution >= 4 is 11.8 Å². The number of carbonyl (C=O) groups excluding carboxylic acids is 2. The molecule has 4 rings (SSSR count). The first kappa shape index (κ1) is 17.0. The topological polar surface area (TPSA) is 46.6 Å². The first-order valence-corrected chi connectivity index (χ1v) is 8.85. The largest absolute Gasteiger partial charge is 0.489 e. The van der Waals surface area contributed by atoms with Crippen LogP contribution in [0.4, 0.5) is 0 Å². The third-order valence-electron chi connectivity index (χ3n) is 4.70. The average molecular weight is 357 g/mol. The predicted octanol–water partition coefficient (Wildman–Crippen LogP) is 4.37. The van der Waals surface area contributed by atoms with Crippen LogP contribution in [0.25, 0.3) is 0 Å². The smallest absolute Gasteiger partial charge is 0.261 e. The Kier molecular flexibility index (Phi) is 4.47. The summed E-state index contributed by atoms with van der Waals surface area (Å²) in [5.74, 6) is 0.373. The van der Waals surface area contributed by atoms with Crippen LogP contribution in [0, 0.1) is 6.92 Å². The van der Waals surface area contributed by atoms with E-state index in [0.29, 0.717) is 17.7 Å². The number of amides is 2. The van der Waals surface area contributed by atoms with Crippen molar-refractivity contribution < 1.29 is 14.3 Å². The summed E-state index contributed by atoms with van der Waals surface area (Å²) >= 11 is 0. The lowest BCUT2D eigenvalue weighted by Gasteiger charge is -2.15. The van der Waals surface area contributed by atoms with E-state index in [9.17, 15) is 9.59 Å². The molecule has 0 radical (unpaired) electrons. The van der Waals surface area contributed by atoms with Crippen molar-refractivity contribution in [3.63, 3.8) is 0 Å². The number of imide groups is 1. The number of fused-ring (bicyclic) bond motifs is 1. The number of ether oxygens (including phenoxy) is 1. The second kappa shape index (κ2) is 7.08. The molecule has 1 aliphatic rings. The Balaban J connectivity index is 1.48. The van der Waals surface area contributed by atoms with Crippen LogP contribution in [0.5, 0.6) is 5.75 Å². The molecule has 0 atom stereocenters. The van der Waals surface area contributed by atoms with Crippen LogP contribution >= 0.6 is 0 Å². The van der Waals surface area contributed by atoms with Gasteiger partial charge in [0.15, 0.2) is 0 Å². The van der Waals surface area contributed by atoms with Gasteiger partial charge in [-0.25, -0.2) is 0 Å². The van der Waals surface area contributed by atoms with Gasteiger partial charge in [0.1, 0.15) is 12.4 Å². The summed E-state index contributed by atoms with van der Waals surface area (Å²) in [6.45, 7) is 2.69. The van der Waals surface area contributed by atoms with E-state index < -0.39 is 0 Å². The fourth-order valence-corrected chi connectivity index (χ4v) is 3.26. The van der Waals surface area contributed by atoms with Gasteiger partial charge < -0.3 is 4.74 Å². The van der Waals surface area contributed by atoms with Crippen molar-refractivity contribution in [2.24, 2.45) is 0 Å². The van der Waals surface area contributed by atoms with Crippen LogP contribution in [-0.4, -0.2) is 16.7 Å². The molecule has 0 aliphatic carbocycles. The van der Waals surface area contributed by atoms with Gasteiger partial charge in [0.2, 0.25) is 0 Å². The highest BCUT2D eigenvalue weighted by atomic mass is 16.5. The summed E-state index contributed by atoms with van der Waals surface area (Å²) in [6, 6.07) is 22.6. The molecule has 27 heavy (non-hydrogen) atoms. The molecule has 1 heterocycles. The molecule has 3 aromatic rings. The monoisotopic (exact) mass is 357 g/mol. The zero-order valence-electron chi connectivity index (χ0n) is 15.0. The lowest BCUT2D eigenvalue weighted by molar-refractivity contribution is 0.0642. The molecule has 134 valence electrons. The van der Waals surface area contributed by atoms with Gasteiger partial charge in [-0.2, -0.15) is 0 Å². The molecule has 0 aromatic heterocycles. The number of nitrogens with zero attached hydrogens (tertiary/aromatic N) is 1. The molecule has 0 fully saturated rings. The first-order chi connectivity index (χ1) is 13.1. The van der Waals surface area contributed by atoms with Crippen molar-refractivity contribution in [3.05, 3.63) is 101 Å². The van der Waals surface area contributed by atoms with Crippen LogP contribution in [-0.2, 0) is 13.2 Å². The van der Waals surface area contributed by atoms with E-state index in [4.69, 9.17) is 4.74 Å². The van der Waals surface area contributed by atoms with E-state index >= 15 is 0 Å². The van der Waals surface area contributed by atoms with E-state index in [2.05, 4.69) is 0 Å². The number of hydrogen-bond acceptors (Lipinski definition) is 3. The highest BCUT2D eigenvalue weighted by Gasteiger charge is 2.34. The molecule has 0 N–H and O–H groups in total. The van der Waals surface area contributed by atoms with Crippen LogP contribution < -0.4 is 4.74 Å². The fourth-order valence-electron chi connectivity index (χ4n) is 3.26. The number of hydrogen-bond donors (Lipinski definition) is 0. The summed E-state index contributed by atoms with van der Waals surface area (Å²) in [5.41, 5.74) is 3.92. The number of benzene rings is 3. The van der Waals surface area contributed by atoms with Crippen molar-refractivity contribution in [2.45, 2.75) is 20.1 Å². The lowest BCUT2D eigenvalue weighted by atomic mass is 10.1. The molecule has 0 spiro atoms. The van der Waals surface area contributed by atoms with Crippen molar-refractivity contribution in [2.75, 3.05) is 0 Å². The number of para-hydroxylation sites is 1. The van der Waals surface area contributed by atoms with Gasteiger partial charge in [-0.3, -0.25) is 14.5 Å². The molecule has 0 saturated carbocycles. The summed E-state index contributed by atoms with van der Waals surface area (Å²) < 4.78 is 5.89. The van der Waals surface area contributed by atoms with Gasteiger partial charge >= 0.3 is 0 Å². The fraction of sp³-hybridized carbons (Fsp3) is 0.130. The Labute approximate surface area is 158 Å². The Bertz CT molecular complexity index is 990. The van der Waals surface area contributed by atoms with Crippen molar-refractivity contribution in [1.29, 1.82) is 0 Å². The first-order valence-electron chi connectivity index (χ1n) is 8.85.